The molecule has 8 heteroatoms. The molecule has 3 rings (SSSR count). The molecule has 0 radical (unpaired) electrons. The highest BCUT2D eigenvalue weighted by Gasteiger charge is 2.32. The molecule has 1 aromatic carbocycles. The molecule has 0 unspecified atom stereocenters. The van der Waals surface area contributed by atoms with Gasteiger partial charge in [0, 0.05) is 23.2 Å². The summed E-state index contributed by atoms with van der Waals surface area (Å²) in [6.07, 6.45) is 1.03. The average Bonchev–Trinajstić information content (AvgIpc) is 2.91. The maximum Gasteiger partial charge on any atom is 0.350 e. The largest absolute Gasteiger partial charge is 0.462 e. The zero-order chi connectivity index (χ0) is 19.1. The summed E-state index contributed by atoms with van der Waals surface area (Å²) in [6, 6.07) is 4.87. The summed E-state index contributed by atoms with van der Waals surface area (Å²) in [5.41, 5.74) is 6.38. The van der Waals surface area contributed by atoms with Crippen molar-refractivity contribution in [3.8, 4) is 0 Å². The Hall–Kier alpha value is -1.64. The van der Waals surface area contributed by atoms with Crippen LogP contribution in [0, 0.1) is 11.8 Å². The molecule has 1 saturated heterocycles. The lowest BCUT2D eigenvalue weighted by Crippen LogP contribution is -2.42. The number of carbonyl (C=O) groups excluding carboxylic acids is 1. The van der Waals surface area contributed by atoms with Gasteiger partial charge in [-0.2, -0.15) is 4.31 Å². The fourth-order valence-electron chi connectivity index (χ4n) is 3.56. The second-order valence-corrected chi connectivity index (χ2v) is 9.98. The number of carbonyl (C=O) groups is 1. The molecule has 1 aliphatic rings. The van der Waals surface area contributed by atoms with E-state index in [0.29, 0.717) is 35.2 Å². The third-order valence-corrected chi connectivity index (χ3v) is 7.63. The van der Waals surface area contributed by atoms with E-state index in [9.17, 15) is 13.2 Å². The normalized spacial score (nSPS) is 21.8. The number of nitrogens with zero attached hydrogens (tertiary/aromatic N) is 1. The second-order valence-electron chi connectivity index (χ2n) is 6.99. The first-order chi connectivity index (χ1) is 12.2. The minimum atomic E-state index is -3.59. The number of piperidine rings is 1. The van der Waals surface area contributed by atoms with Gasteiger partial charge in [0.2, 0.25) is 10.0 Å². The Bertz CT molecular complexity index is 926. The minimum Gasteiger partial charge on any atom is -0.462 e. The van der Waals surface area contributed by atoms with Crippen molar-refractivity contribution in [3.05, 3.63) is 23.1 Å². The number of ether oxygens (including phenoxy) is 1. The first-order valence-corrected chi connectivity index (χ1v) is 11.0. The van der Waals surface area contributed by atoms with E-state index < -0.39 is 16.0 Å². The summed E-state index contributed by atoms with van der Waals surface area (Å²) in [5.74, 6) is 0.187. The lowest BCUT2D eigenvalue weighted by molar-refractivity contribution is 0.0533. The number of rotatable bonds is 4. The van der Waals surface area contributed by atoms with Gasteiger partial charge in [-0.15, -0.1) is 11.3 Å². The molecule has 0 aliphatic carbocycles. The third-order valence-electron chi connectivity index (χ3n) is 4.63. The van der Waals surface area contributed by atoms with Crippen molar-refractivity contribution < 1.29 is 17.9 Å². The van der Waals surface area contributed by atoms with Crippen molar-refractivity contribution >= 4 is 43.1 Å². The van der Waals surface area contributed by atoms with Crippen molar-refractivity contribution in [2.45, 2.75) is 32.1 Å². The predicted molar refractivity (Wildman–Crippen MR) is 104 cm³/mol. The van der Waals surface area contributed by atoms with E-state index in [1.807, 2.05) is 0 Å². The number of hydrogen-bond donors (Lipinski definition) is 1. The van der Waals surface area contributed by atoms with E-state index in [4.69, 9.17) is 10.5 Å². The van der Waals surface area contributed by atoms with E-state index >= 15 is 0 Å². The zero-order valence-electron chi connectivity index (χ0n) is 15.2. The lowest BCUT2D eigenvalue weighted by Gasteiger charge is -2.34. The molecule has 0 bridgehead atoms. The van der Waals surface area contributed by atoms with Crippen molar-refractivity contribution in [1.29, 1.82) is 0 Å². The predicted octanol–water partition coefficient (Wildman–Crippen LogP) is 3.33. The van der Waals surface area contributed by atoms with Crippen LogP contribution >= 0.6 is 11.3 Å². The molecule has 1 fully saturated rings. The number of sulfonamides is 1. The number of nitrogen functional groups attached to an aromatic ring is 1. The Morgan fingerprint density at radius 1 is 1.31 bits per heavy atom. The number of anilines is 1. The minimum absolute atomic E-state index is 0.214. The number of fused-ring (bicyclic) bond motifs is 1. The van der Waals surface area contributed by atoms with Crippen molar-refractivity contribution in [1.82, 2.24) is 4.31 Å². The molecule has 0 amide bonds. The molecule has 2 heterocycles. The molecule has 0 spiro atoms. The molecule has 6 nitrogen and oxygen atoms in total. The maximum absolute atomic E-state index is 13.1. The number of thiophene rings is 1. The molecule has 142 valence electrons. The van der Waals surface area contributed by atoms with E-state index in [0.717, 1.165) is 11.1 Å². The van der Waals surface area contributed by atoms with Crippen LogP contribution in [-0.4, -0.2) is 38.4 Å². The van der Waals surface area contributed by atoms with Crippen LogP contribution in [0.4, 0.5) is 5.69 Å². The fraction of sp³-hybridized carbons (Fsp3) is 0.500. The van der Waals surface area contributed by atoms with Crippen LogP contribution in [-0.2, 0) is 14.8 Å². The van der Waals surface area contributed by atoms with Crippen LogP contribution in [0.5, 0.6) is 0 Å². The summed E-state index contributed by atoms with van der Waals surface area (Å²) < 4.78 is 33.5. The molecule has 0 saturated carbocycles. The van der Waals surface area contributed by atoms with E-state index in [1.165, 1.54) is 11.3 Å². The topological polar surface area (TPSA) is 89.7 Å². The Labute approximate surface area is 158 Å². The lowest BCUT2D eigenvalue weighted by atomic mass is 9.94. The third kappa shape index (κ3) is 3.45. The quantitative estimate of drug-likeness (QED) is 0.801. The molecule has 26 heavy (non-hydrogen) atoms. The van der Waals surface area contributed by atoms with Gasteiger partial charge < -0.3 is 10.5 Å². The summed E-state index contributed by atoms with van der Waals surface area (Å²) in [4.78, 5) is 12.5. The van der Waals surface area contributed by atoms with Gasteiger partial charge in [-0.1, -0.05) is 13.8 Å². The van der Waals surface area contributed by atoms with Crippen LogP contribution in [0.15, 0.2) is 23.1 Å². The van der Waals surface area contributed by atoms with Crippen LogP contribution < -0.4 is 5.73 Å². The second kappa shape index (κ2) is 7.17. The highest BCUT2D eigenvalue weighted by Crippen LogP contribution is 2.36. The van der Waals surface area contributed by atoms with Crippen LogP contribution in [0.2, 0.25) is 0 Å². The van der Waals surface area contributed by atoms with Gasteiger partial charge in [-0.05, 0) is 43.4 Å². The smallest absolute Gasteiger partial charge is 0.350 e. The van der Waals surface area contributed by atoms with Gasteiger partial charge in [-0.25, -0.2) is 13.2 Å². The monoisotopic (exact) mass is 396 g/mol. The summed E-state index contributed by atoms with van der Waals surface area (Å²) in [7, 11) is -3.59. The van der Waals surface area contributed by atoms with E-state index in [1.54, 1.807) is 29.4 Å². The Balaban J connectivity index is 2.00. The zero-order valence-corrected chi connectivity index (χ0v) is 16.8. The number of esters is 1. The summed E-state index contributed by atoms with van der Waals surface area (Å²) >= 11 is 1.22. The molecule has 1 aromatic heterocycles. The molecular weight excluding hydrogens is 372 g/mol. The molecular formula is C18H24N2O4S2. The number of benzene rings is 1. The number of hydrogen-bond acceptors (Lipinski definition) is 6. The van der Waals surface area contributed by atoms with Gasteiger partial charge in [-0.3, -0.25) is 0 Å². The summed E-state index contributed by atoms with van der Waals surface area (Å²) in [5, 5.41) is 0.581. The van der Waals surface area contributed by atoms with Gasteiger partial charge in [0.1, 0.15) is 4.88 Å². The van der Waals surface area contributed by atoms with E-state index in [2.05, 4.69) is 13.8 Å². The van der Waals surface area contributed by atoms with Gasteiger partial charge in [0.05, 0.1) is 17.2 Å². The van der Waals surface area contributed by atoms with Crippen LogP contribution in [0.25, 0.3) is 10.1 Å². The highest BCUT2D eigenvalue weighted by atomic mass is 32.2. The molecule has 1 aliphatic heterocycles. The van der Waals surface area contributed by atoms with Gasteiger partial charge in [0.25, 0.3) is 0 Å². The SMILES string of the molecule is CCOC(=O)c1sc2ccc(S(=O)(=O)N3C[C@H](C)C[C@@H](C)C3)cc2c1N. The maximum atomic E-state index is 13.1. The molecule has 2 aromatic rings. The first-order valence-electron chi connectivity index (χ1n) is 8.73. The van der Waals surface area contributed by atoms with Crippen molar-refractivity contribution in [3.63, 3.8) is 0 Å². The average molecular weight is 397 g/mol. The standard InChI is InChI=1S/C18H24N2O4S2/c1-4-24-18(21)17-16(19)14-8-13(5-6-15(14)25-17)26(22,23)20-9-11(2)7-12(3)10-20/h5-6,8,11-12H,4,7,9-10,19H2,1-3H3/t11-,12-/m1/s1. The van der Waals surface area contributed by atoms with Crippen molar-refractivity contribution in [2.24, 2.45) is 11.8 Å². The van der Waals surface area contributed by atoms with E-state index in [-0.39, 0.29) is 17.2 Å². The van der Waals surface area contributed by atoms with Gasteiger partial charge in [0.15, 0.2) is 0 Å². The van der Waals surface area contributed by atoms with Crippen LogP contribution in [0.1, 0.15) is 36.9 Å². The first kappa shape index (κ1) is 19.1. The molecule has 2 atom stereocenters. The fourth-order valence-corrected chi connectivity index (χ4v) is 6.26. The number of nitrogens with two attached hydrogens (primary N) is 1. The van der Waals surface area contributed by atoms with Crippen LogP contribution in [0.3, 0.4) is 0 Å². The highest BCUT2D eigenvalue weighted by molar-refractivity contribution is 7.89. The van der Waals surface area contributed by atoms with Crippen molar-refractivity contribution in [2.75, 3.05) is 25.4 Å². The Morgan fingerprint density at radius 3 is 2.58 bits per heavy atom. The van der Waals surface area contributed by atoms with Gasteiger partial charge >= 0.3 is 5.97 Å². The Morgan fingerprint density at radius 2 is 1.96 bits per heavy atom. The Kier molecular flexibility index (Phi) is 5.28. The summed E-state index contributed by atoms with van der Waals surface area (Å²) in [6.45, 7) is 7.19. The molecule has 2 N–H and O–H groups in total.